The zero-order valence-electron chi connectivity index (χ0n) is 13.4. The molecule has 21 heavy (non-hydrogen) atoms. The van der Waals surface area contributed by atoms with Crippen molar-refractivity contribution in [3.05, 3.63) is 0 Å². The first kappa shape index (κ1) is 17.2. The highest BCUT2D eigenvalue weighted by Gasteiger charge is 2.29. The smallest absolute Gasteiger partial charge is 0.150 e. The number of sulfone groups is 1. The molecule has 0 aromatic carbocycles. The van der Waals surface area contributed by atoms with Crippen LogP contribution in [0, 0.1) is 5.92 Å². The normalized spacial score (nSPS) is 29.8. The van der Waals surface area contributed by atoms with Crippen molar-refractivity contribution in [3.63, 3.8) is 0 Å². The van der Waals surface area contributed by atoms with Crippen molar-refractivity contribution in [2.45, 2.75) is 70.4 Å². The Bertz CT molecular complexity index is 390. The van der Waals surface area contributed by atoms with Gasteiger partial charge in [-0.15, -0.1) is 0 Å². The van der Waals surface area contributed by atoms with Gasteiger partial charge in [0.1, 0.15) is 0 Å². The van der Waals surface area contributed by atoms with Gasteiger partial charge in [-0.25, -0.2) is 8.42 Å². The SMILES string of the molecule is CCCNC(CCCC1CCCO1)CC1CCS(=O)(=O)C1. The molecule has 0 aromatic rings. The van der Waals surface area contributed by atoms with Crippen molar-refractivity contribution < 1.29 is 13.2 Å². The van der Waals surface area contributed by atoms with Gasteiger partial charge in [-0.2, -0.15) is 0 Å². The molecule has 0 aliphatic carbocycles. The molecular weight excluding hydrogens is 286 g/mol. The van der Waals surface area contributed by atoms with Gasteiger partial charge in [-0.05, 0) is 63.8 Å². The summed E-state index contributed by atoms with van der Waals surface area (Å²) in [5, 5.41) is 3.61. The van der Waals surface area contributed by atoms with Crippen molar-refractivity contribution in [2.24, 2.45) is 5.92 Å². The van der Waals surface area contributed by atoms with Crippen LogP contribution in [-0.2, 0) is 14.6 Å². The summed E-state index contributed by atoms with van der Waals surface area (Å²) in [5.74, 6) is 1.17. The van der Waals surface area contributed by atoms with E-state index in [4.69, 9.17) is 4.74 Å². The van der Waals surface area contributed by atoms with Gasteiger partial charge in [0.25, 0.3) is 0 Å². The minimum atomic E-state index is -2.74. The first-order valence-electron chi connectivity index (χ1n) is 8.64. The van der Waals surface area contributed by atoms with Gasteiger partial charge in [-0.3, -0.25) is 0 Å². The first-order chi connectivity index (χ1) is 10.1. The topological polar surface area (TPSA) is 55.4 Å². The van der Waals surface area contributed by atoms with E-state index in [1.54, 1.807) is 0 Å². The molecule has 2 saturated heterocycles. The summed E-state index contributed by atoms with van der Waals surface area (Å²) < 4.78 is 28.9. The standard InChI is InChI=1S/C16H31NO3S/c1-2-9-17-15(5-3-6-16-7-4-10-20-16)12-14-8-11-21(18,19)13-14/h14-17H,2-13H2,1H3. The third kappa shape index (κ3) is 6.25. The molecule has 2 aliphatic heterocycles. The van der Waals surface area contributed by atoms with Crippen LogP contribution in [0.3, 0.4) is 0 Å². The van der Waals surface area contributed by atoms with Crippen LogP contribution in [0.5, 0.6) is 0 Å². The molecule has 0 amide bonds. The largest absolute Gasteiger partial charge is 0.378 e. The Kier molecular flexibility index (Phi) is 6.96. The molecule has 3 atom stereocenters. The number of nitrogens with one attached hydrogen (secondary N) is 1. The second kappa shape index (κ2) is 8.49. The highest BCUT2D eigenvalue weighted by molar-refractivity contribution is 7.91. The number of ether oxygens (including phenoxy) is 1. The Labute approximate surface area is 129 Å². The predicted molar refractivity (Wildman–Crippen MR) is 86.3 cm³/mol. The van der Waals surface area contributed by atoms with E-state index in [-0.39, 0.29) is 0 Å². The van der Waals surface area contributed by atoms with Crippen molar-refractivity contribution in [1.82, 2.24) is 5.32 Å². The zero-order valence-corrected chi connectivity index (χ0v) is 14.2. The van der Waals surface area contributed by atoms with Gasteiger partial charge in [0, 0.05) is 12.6 Å². The van der Waals surface area contributed by atoms with Gasteiger partial charge < -0.3 is 10.1 Å². The molecule has 2 rings (SSSR count). The van der Waals surface area contributed by atoms with E-state index in [9.17, 15) is 8.42 Å². The molecule has 2 aliphatic rings. The van der Waals surface area contributed by atoms with Crippen molar-refractivity contribution >= 4 is 9.84 Å². The molecule has 0 saturated carbocycles. The van der Waals surface area contributed by atoms with E-state index in [2.05, 4.69) is 12.2 Å². The molecule has 0 bridgehead atoms. The molecular formula is C16H31NO3S. The van der Waals surface area contributed by atoms with Gasteiger partial charge >= 0.3 is 0 Å². The van der Waals surface area contributed by atoms with Gasteiger partial charge in [-0.1, -0.05) is 6.92 Å². The molecule has 5 heteroatoms. The third-order valence-electron chi connectivity index (χ3n) is 4.73. The molecule has 124 valence electrons. The average molecular weight is 317 g/mol. The van der Waals surface area contributed by atoms with Crippen molar-refractivity contribution in [3.8, 4) is 0 Å². The fourth-order valence-electron chi connectivity index (χ4n) is 3.58. The molecule has 0 aromatic heterocycles. The summed E-state index contributed by atoms with van der Waals surface area (Å²) in [6.07, 6.45) is 9.41. The lowest BCUT2D eigenvalue weighted by Gasteiger charge is -2.22. The van der Waals surface area contributed by atoms with Crippen LogP contribution in [0.2, 0.25) is 0 Å². The molecule has 2 fully saturated rings. The second-order valence-electron chi connectivity index (χ2n) is 6.72. The maximum absolute atomic E-state index is 11.6. The summed E-state index contributed by atoms with van der Waals surface area (Å²) in [6.45, 7) is 4.14. The fraction of sp³-hybridized carbons (Fsp3) is 1.00. The first-order valence-corrected chi connectivity index (χ1v) is 10.5. The van der Waals surface area contributed by atoms with Gasteiger partial charge in [0.15, 0.2) is 9.84 Å². The van der Waals surface area contributed by atoms with E-state index < -0.39 is 9.84 Å². The van der Waals surface area contributed by atoms with Crippen molar-refractivity contribution in [2.75, 3.05) is 24.7 Å². The van der Waals surface area contributed by atoms with E-state index in [0.717, 1.165) is 45.3 Å². The molecule has 3 unspecified atom stereocenters. The molecule has 1 N–H and O–H groups in total. The molecule has 4 nitrogen and oxygen atoms in total. The van der Waals surface area contributed by atoms with Crippen LogP contribution in [0.25, 0.3) is 0 Å². The van der Waals surface area contributed by atoms with Crippen LogP contribution in [0.15, 0.2) is 0 Å². The maximum Gasteiger partial charge on any atom is 0.150 e. The Morgan fingerprint density at radius 2 is 2.19 bits per heavy atom. The fourth-order valence-corrected chi connectivity index (χ4v) is 5.46. The highest BCUT2D eigenvalue weighted by Crippen LogP contribution is 2.25. The molecule has 0 spiro atoms. The summed E-state index contributed by atoms with van der Waals surface area (Å²) in [6, 6.07) is 0.477. The zero-order chi connectivity index (χ0) is 15.1. The van der Waals surface area contributed by atoms with Crippen LogP contribution >= 0.6 is 0 Å². The van der Waals surface area contributed by atoms with Gasteiger partial charge in [0.2, 0.25) is 0 Å². The molecule has 2 heterocycles. The minimum Gasteiger partial charge on any atom is -0.378 e. The second-order valence-corrected chi connectivity index (χ2v) is 8.95. The molecule has 0 radical (unpaired) electrons. The lowest BCUT2D eigenvalue weighted by Crippen LogP contribution is -2.32. The van der Waals surface area contributed by atoms with Crippen LogP contribution in [-0.4, -0.2) is 45.2 Å². The lowest BCUT2D eigenvalue weighted by molar-refractivity contribution is 0.101. The van der Waals surface area contributed by atoms with E-state index in [1.807, 2.05) is 0 Å². The summed E-state index contributed by atoms with van der Waals surface area (Å²) >= 11 is 0. The predicted octanol–water partition coefficient (Wildman–Crippen LogP) is 2.53. The third-order valence-corrected chi connectivity index (χ3v) is 6.57. The number of rotatable bonds is 9. The van der Waals surface area contributed by atoms with Crippen LogP contribution in [0.1, 0.15) is 58.3 Å². The van der Waals surface area contributed by atoms with E-state index in [0.29, 0.717) is 29.6 Å². The van der Waals surface area contributed by atoms with E-state index in [1.165, 1.54) is 19.3 Å². The quantitative estimate of drug-likeness (QED) is 0.710. The maximum atomic E-state index is 11.6. The minimum absolute atomic E-state index is 0.368. The van der Waals surface area contributed by atoms with Crippen LogP contribution < -0.4 is 5.32 Å². The number of hydrogen-bond acceptors (Lipinski definition) is 4. The highest BCUT2D eigenvalue weighted by atomic mass is 32.2. The van der Waals surface area contributed by atoms with Gasteiger partial charge in [0.05, 0.1) is 17.6 Å². The Hall–Kier alpha value is -0.130. The Balaban J connectivity index is 1.71. The summed E-state index contributed by atoms with van der Waals surface area (Å²) in [5.41, 5.74) is 0. The van der Waals surface area contributed by atoms with Crippen LogP contribution in [0.4, 0.5) is 0 Å². The summed E-state index contributed by atoms with van der Waals surface area (Å²) in [7, 11) is -2.74. The average Bonchev–Trinajstić information content (AvgIpc) is 3.05. The monoisotopic (exact) mass is 317 g/mol. The Morgan fingerprint density at radius 3 is 2.81 bits per heavy atom. The van der Waals surface area contributed by atoms with E-state index >= 15 is 0 Å². The Morgan fingerprint density at radius 1 is 1.33 bits per heavy atom. The lowest BCUT2D eigenvalue weighted by atomic mass is 9.95. The van der Waals surface area contributed by atoms with Crippen molar-refractivity contribution in [1.29, 1.82) is 0 Å². The summed E-state index contributed by atoms with van der Waals surface area (Å²) in [4.78, 5) is 0. The number of hydrogen-bond donors (Lipinski definition) is 1.